The molecule has 0 bridgehead atoms. The van der Waals surface area contributed by atoms with E-state index in [0.717, 1.165) is 0 Å². The third-order valence-corrected chi connectivity index (χ3v) is 4.26. The quantitative estimate of drug-likeness (QED) is 0.863. The summed E-state index contributed by atoms with van der Waals surface area (Å²) in [6.07, 6.45) is 1.48. The SMILES string of the molecule is CC(C)(NC(=O)c1cccs1)C1C(=O)CCCC1=O. The summed E-state index contributed by atoms with van der Waals surface area (Å²) in [5, 5.41) is 4.64. The van der Waals surface area contributed by atoms with E-state index in [9.17, 15) is 14.4 Å². The summed E-state index contributed by atoms with van der Waals surface area (Å²) in [6, 6.07) is 3.52. The van der Waals surface area contributed by atoms with Gasteiger partial charge in [0.1, 0.15) is 11.6 Å². The Morgan fingerprint density at radius 3 is 2.47 bits per heavy atom. The van der Waals surface area contributed by atoms with Gasteiger partial charge >= 0.3 is 0 Å². The molecule has 0 radical (unpaired) electrons. The lowest BCUT2D eigenvalue weighted by molar-refractivity contribution is -0.138. The van der Waals surface area contributed by atoms with Gasteiger partial charge in [-0.1, -0.05) is 6.07 Å². The Bertz CT molecular complexity index is 489. The number of carbonyl (C=O) groups excluding carboxylic acids is 3. The second-order valence-corrected chi connectivity index (χ2v) is 6.32. The molecule has 5 heteroatoms. The van der Waals surface area contributed by atoms with Crippen LogP contribution in [0.5, 0.6) is 0 Å². The van der Waals surface area contributed by atoms with Crippen molar-refractivity contribution in [2.75, 3.05) is 0 Å². The lowest BCUT2D eigenvalue weighted by Gasteiger charge is -2.35. The first kappa shape index (κ1) is 13.9. The lowest BCUT2D eigenvalue weighted by atomic mass is 9.75. The number of Topliss-reactive ketones (excluding diaryl/α,β-unsaturated/α-hetero) is 2. The van der Waals surface area contributed by atoms with Gasteiger partial charge < -0.3 is 5.32 Å². The van der Waals surface area contributed by atoms with E-state index in [4.69, 9.17) is 0 Å². The molecule has 0 saturated heterocycles. The average molecular weight is 279 g/mol. The monoisotopic (exact) mass is 279 g/mol. The fraction of sp³-hybridized carbons (Fsp3) is 0.500. The fourth-order valence-electron chi connectivity index (χ4n) is 2.54. The van der Waals surface area contributed by atoms with Crippen molar-refractivity contribution in [1.29, 1.82) is 0 Å². The van der Waals surface area contributed by atoms with E-state index < -0.39 is 11.5 Å². The van der Waals surface area contributed by atoms with Crippen molar-refractivity contribution in [1.82, 2.24) is 5.32 Å². The largest absolute Gasteiger partial charge is 0.345 e. The van der Waals surface area contributed by atoms with E-state index in [1.807, 2.05) is 5.38 Å². The third kappa shape index (κ3) is 2.92. The van der Waals surface area contributed by atoms with Crippen LogP contribution in [0.2, 0.25) is 0 Å². The van der Waals surface area contributed by atoms with Gasteiger partial charge in [-0.15, -0.1) is 11.3 Å². The molecule has 1 heterocycles. The molecule has 1 aromatic rings. The highest BCUT2D eigenvalue weighted by Crippen LogP contribution is 2.28. The number of nitrogens with one attached hydrogen (secondary N) is 1. The van der Waals surface area contributed by atoms with Crippen molar-refractivity contribution in [2.24, 2.45) is 5.92 Å². The summed E-state index contributed by atoms with van der Waals surface area (Å²) in [6.45, 7) is 3.48. The molecule has 0 spiro atoms. The Labute approximate surface area is 116 Å². The van der Waals surface area contributed by atoms with Gasteiger partial charge in [0.15, 0.2) is 0 Å². The molecule has 2 rings (SSSR count). The van der Waals surface area contributed by atoms with Gasteiger partial charge in [-0.05, 0) is 31.7 Å². The van der Waals surface area contributed by atoms with E-state index in [-0.39, 0.29) is 17.5 Å². The van der Waals surface area contributed by atoms with Gasteiger partial charge in [0.25, 0.3) is 5.91 Å². The molecule has 0 aromatic carbocycles. The topological polar surface area (TPSA) is 63.2 Å². The van der Waals surface area contributed by atoms with E-state index in [0.29, 0.717) is 24.1 Å². The first-order chi connectivity index (χ1) is 8.92. The molecular formula is C14H17NO3S. The Kier molecular flexibility index (Phi) is 3.85. The summed E-state index contributed by atoms with van der Waals surface area (Å²) in [7, 11) is 0. The van der Waals surface area contributed by atoms with Crippen LogP contribution < -0.4 is 5.32 Å². The van der Waals surface area contributed by atoms with Crippen LogP contribution >= 0.6 is 11.3 Å². The van der Waals surface area contributed by atoms with Crippen molar-refractivity contribution < 1.29 is 14.4 Å². The van der Waals surface area contributed by atoms with Crippen LogP contribution in [-0.2, 0) is 9.59 Å². The number of amides is 1. The molecule has 1 saturated carbocycles. The van der Waals surface area contributed by atoms with Crippen LogP contribution in [0.4, 0.5) is 0 Å². The van der Waals surface area contributed by atoms with Gasteiger partial charge in [0.2, 0.25) is 0 Å². The molecule has 0 unspecified atom stereocenters. The van der Waals surface area contributed by atoms with E-state index in [1.165, 1.54) is 11.3 Å². The molecule has 1 aliphatic rings. The molecule has 1 amide bonds. The summed E-state index contributed by atoms with van der Waals surface area (Å²) in [4.78, 5) is 36.5. The normalized spacial score (nSPS) is 17.6. The van der Waals surface area contributed by atoms with Gasteiger partial charge in [0, 0.05) is 12.8 Å². The van der Waals surface area contributed by atoms with Crippen molar-refractivity contribution >= 4 is 28.8 Å². The number of rotatable bonds is 3. The van der Waals surface area contributed by atoms with Crippen LogP contribution in [-0.4, -0.2) is 23.0 Å². The molecule has 1 fully saturated rings. The fourth-order valence-corrected chi connectivity index (χ4v) is 3.16. The molecule has 0 atom stereocenters. The lowest BCUT2D eigenvalue weighted by Crippen LogP contribution is -2.55. The van der Waals surface area contributed by atoms with Crippen LogP contribution in [0.1, 0.15) is 42.8 Å². The van der Waals surface area contributed by atoms with Crippen LogP contribution in [0.3, 0.4) is 0 Å². The average Bonchev–Trinajstić information content (AvgIpc) is 2.80. The van der Waals surface area contributed by atoms with E-state index in [2.05, 4.69) is 5.32 Å². The van der Waals surface area contributed by atoms with Gasteiger partial charge in [-0.25, -0.2) is 0 Å². The maximum Gasteiger partial charge on any atom is 0.261 e. The molecule has 4 nitrogen and oxygen atoms in total. The molecule has 0 aliphatic heterocycles. The molecular weight excluding hydrogens is 262 g/mol. The standard InChI is InChI=1S/C14H17NO3S/c1-14(2,12-9(16)5-3-6-10(12)17)15-13(18)11-7-4-8-19-11/h4,7-8,12H,3,5-6H2,1-2H3,(H,15,18). The van der Waals surface area contributed by atoms with E-state index in [1.54, 1.807) is 26.0 Å². The number of hydrogen-bond acceptors (Lipinski definition) is 4. The summed E-state index contributed by atoms with van der Waals surface area (Å²) >= 11 is 1.34. The molecule has 102 valence electrons. The van der Waals surface area contributed by atoms with Crippen molar-refractivity contribution in [3.8, 4) is 0 Å². The first-order valence-corrected chi connectivity index (χ1v) is 7.21. The highest BCUT2D eigenvalue weighted by Gasteiger charge is 2.42. The van der Waals surface area contributed by atoms with E-state index >= 15 is 0 Å². The molecule has 1 aliphatic carbocycles. The zero-order valence-electron chi connectivity index (χ0n) is 11.1. The maximum absolute atomic E-state index is 12.1. The van der Waals surface area contributed by atoms with Crippen LogP contribution in [0.15, 0.2) is 17.5 Å². The van der Waals surface area contributed by atoms with Gasteiger partial charge in [-0.2, -0.15) is 0 Å². The molecule has 19 heavy (non-hydrogen) atoms. The summed E-state index contributed by atoms with van der Waals surface area (Å²) < 4.78 is 0. The van der Waals surface area contributed by atoms with Gasteiger partial charge in [0.05, 0.1) is 16.3 Å². The Balaban J connectivity index is 2.15. The van der Waals surface area contributed by atoms with Gasteiger partial charge in [-0.3, -0.25) is 14.4 Å². The predicted molar refractivity (Wildman–Crippen MR) is 73.2 cm³/mol. The number of ketones is 2. The highest BCUT2D eigenvalue weighted by atomic mass is 32.1. The predicted octanol–water partition coefficient (Wildman–Crippen LogP) is 2.19. The number of thiophene rings is 1. The Morgan fingerprint density at radius 2 is 1.95 bits per heavy atom. The number of carbonyl (C=O) groups is 3. The first-order valence-electron chi connectivity index (χ1n) is 6.33. The Morgan fingerprint density at radius 1 is 1.32 bits per heavy atom. The highest BCUT2D eigenvalue weighted by molar-refractivity contribution is 7.12. The van der Waals surface area contributed by atoms with Crippen LogP contribution in [0, 0.1) is 5.92 Å². The Hall–Kier alpha value is -1.49. The second kappa shape index (κ2) is 5.25. The summed E-state index contributed by atoms with van der Waals surface area (Å²) in [5.41, 5.74) is -0.838. The zero-order chi connectivity index (χ0) is 14.0. The number of hydrogen-bond donors (Lipinski definition) is 1. The smallest absolute Gasteiger partial charge is 0.261 e. The molecule has 1 aromatic heterocycles. The van der Waals surface area contributed by atoms with Crippen LogP contribution in [0.25, 0.3) is 0 Å². The maximum atomic E-state index is 12.1. The minimum absolute atomic E-state index is 0.0623. The minimum atomic E-state index is -0.838. The third-order valence-electron chi connectivity index (χ3n) is 3.39. The minimum Gasteiger partial charge on any atom is -0.345 e. The van der Waals surface area contributed by atoms with Crippen molar-refractivity contribution in [3.63, 3.8) is 0 Å². The zero-order valence-corrected chi connectivity index (χ0v) is 11.9. The van der Waals surface area contributed by atoms with Crippen molar-refractivity contribution in [3.05, 3.63) is 22.4 Å². The van der Waals surface area contributed by atoms with Crippen molar-refractivity contribution in [2.45, 2.75) is 38.6 Å². The molecule has 1 N–H and O–H groups in total. The summed E-state index contributed by atoms with van der Waals surface area (Å²) in [5.74, 6) is -1.07. The second-order valence-electron chi connectivity index (χ2n) is 5.37.